The molecule has 0 spiro atoms. The summed E-state index contributed by atoms with van der Waals surface area (Å²) in [5, 5.41) is 16.1. The van der Waals surface area contributed by atoms with Gasteiger partial charge in [0.05, 0.1) is 0 Å². The van der Waals surface area contributed by atoms with Gasteiger partial charge in [-0.05, 0) is 19.1 Å². The molecular weight excluding hydrogens is 270 g/mol. The third-order valence-electron chi connectivity index (χ3n) is 2.69. The van der Waals surface area contributed by atoms with Gasteiger partial charge in [-0.1, -0.05) is 26.0 Å². The Bertz CT molecular complexity index is 626. The normalized spacial score (nSPS) is 12.2. The molecule has 2 aromatic rings. The van der Waals surface area contributed by atoms with Crippen LogP contribution in [0.5, 0.6) is 5.75 Å². The highest BCUT2D eigenvalue weighted by Crippen LogP contribution is 2.20. The van der Waals surface area contributed by atoms with Crippen molar-refractivity contribution in [3.8, 4) is 17.1 Å². The van der Waals surface area contributed by atoms with Crippen molar-refractivity contribution in [1.82, 2.24) is 20.4 Å². The molecule has 0 aliphatic rings. The van der Waals surface area contributed by atoms with Gasteiger partial charge in [-0.2, -0.15) is 0 Å². The summed E-state index contributed by atoms with van der Waals surface area (Å²) in [4.78, 5) is 11.5. The fraction of sp³-hybridized carbons (Fsp3) is 0.357. The van der Waals surface area contributed by atoms with Crippen LogP contribution < -0.4 is 10.5 Å². The molecule has 0 aliphatic heterocycles. The Balaban J connectivity index is 2.22. The van der Waals surface area contributed by atoms with Gasteiger partial charge in [-0.15, -0.1) is 20.4 Å². The van der Waals surface area contributed by atoms with E-state index in [1.165, 1.54) is 0 Å². The topological polar surface area (TPSA) is 104 Å². The first-order valence-electron chi connectivity index (χ1n) is 6.62. The Morgan fingerprint density at radius 3 is 2.38 bits per heavy atom. The minimum atomic E-state index is -0.682. The molecule has 21 heavy (non-hydrogen) atoms. The summed E-state index contributed by atoms with van der Waals surface area (Å²) >= 11 is 0. The van der Waals surface area contributed by atoms with E-state index in [1.807, 2.05) is 13.8 Å². The Kier molecular flexibility index (Phi) is 4.54. The van der Waals surface area contributed by atoms with Crippen LogP contribution in [-0.4, -0.2) is 32.4 Å². The molecule has 1 aromatic heterocycles. The van der Waals surface area contributed by atoms with E-state index in [1.54, 1.807) is 31.2 Å². The molecule has 7 heteroatoms. The third-order valence-corrected chi connectivity index (χ3v) is 2.69. The van der Waals surface area contributed by atoms with E-state index in [2.05, 4.69) is 20.4 Å². The number of rotatable bonds is 4. The van der Waals surface area contributed by atoms with E-state index in [9.17, 15) is 4.79 Å². The molecule has 0 saturated heterocycles. The molecule has 1 heterocycles. The number of benzene rings is 1. The highest BCUT2D eigenvalue weighted by molar-refractivity contribution is 5.77. The zero-order valence-corrected chi connectivity index (χ0v) is 12.1. The lowest BCUT2D eigenvalue weighted by molar-refractivity contribution is -0.135. The molecule has 0 bridgehead atoms. The first-order valence-corrected chi connectivity index (χ1v) is 6.62. The summed E-state index contributed by atoms with van der Waals surface area (Å²) in [5.74, 6) is 1.000. The van der Waals surface area contributed by atoms with Crippen LogP contribution in [0.1, 0.15) is 32.5 Å². The van der Waals surface area contributed by atoms with Crippen molar-refractivity contribution in [3.05, 3.63) is 30.1 Å². The van der Waals surface area contributed by atoms with Crippen molar-refractivity contribution < 1.29 is 9.53 Å². The van der Waals surface area contributed by atoms with Gasteiger partial charge in [-0.3, -0.25) is 0 Å². The maximum atomic E-state index is 11.5. The highest BCUT2D eigenvalue weighted by Gasteiger charge is 2.12. The van der Waals surface area contributed by atoms with E-state index in [4.69, 9.17) is 10.5 Å². The number of carbonyl (C=O) groups excluding carboxylic acids is 1. The van der Waals surface area contributed by atoms with Crippen LogP contribution in [0.4, 0.5) is 0 Å². The van der Waals surface area contributed by atoms with Gasteiger partial charge >= 0.3 is 5.97 Å². The number of nitrogens with zero attached hydrogens (tertiary/aromatic N) is 4. The maximum absolute atomic E-state index is 11.5. The monoisotopic (exact) mass is 287 g/mol. The van der Waals surface area contributed by atoms with Gasteiger partial charge in [0, 0.05) is 11.5 Å². The number of carbonyl (C=O) groups is 1. The number of hydrogen-bond acceptors (Lipinski definition) is 7. The zero-order valence-electron chi connectivity index (χ0n) is 12.1. The molecule has 1 aromatic carbocycles. The molecule has 0 unspecified atom stereocenters. The van der Waals surface area contributed by atoms with Crippen LogP contribution in [0.25, 0.3) is 11.4 Å². The quantitative estimate of drug-likeness (QED) is 0.667. The molecule has 0 aliphatic carbocycles. The minimum Gasteiger partial charge on any atom is -0.425 e. The predicted octanol–water partition coefficient (Wildman–Crippen LogP) is 1.31. The first-order chi connectivity index (χ1) is 9.97. The number of nitrogens with two attached hydrogens (primary N) is 1. The zero-order chi connectivity index (χ0) is 15.4. The van der Waals surface area contributed by atoms with E-state index >= 15 is 0 Å². The molecule has 2 rings (SSSR count). The van der Waals surface area contributed by atoms with Crippen LogP contribution in [0.3, 0.4) is 0 Å². The highest BCUT2D eigenvalue weighted by atomic mass is 16.5. The molecule has 1 atom stereocenters. The number of aromatic nitrogens is 4. The van der Waals surface area contributed by atoms with Gasteiger partial charge < -0.3 is 10.5 Å². The first kappa shape index (κ1) is 15.0. The fourth-order valence-electron chi connectivity index (χ4n) is 1.49. The van der Waals surface area contributed by atoms with E-state index in [0.717, 1.165) is 0 Å². The second kappa shape index (κ2) is 6.36. The van der Waals surface area contributed by atoms with Gasteiger partial charge in [0.25, 0.3) is 0 Å². The van der Waals surface area contributed by atoms with Crippen LogP contribution in [0, 0.1) is 0 Å². The summed E-state index contributed by atoms with van der Waals surface area (Å²) < 4.78 is 5.14. The van der Waals surface area contributed by atoms with Gasteiger partial charge in [0.2, 0.25) is 5.82 Å². The Morgan fingerprint density at radius 2 is 1.81 bits per heavy atom. The van der Waals surface area contributed by atoms with Crippen LogP contribution in [0.2, 0.25) is 0 Å². The Hall–Kier alpha value is -2.41. The van der Waals surface area contributed by atoms with Crippen LogP contribution in [-0.2, 0) is 4.79 Å². The molecule has 7 nitrogen and oxygen atoms in total. The molecule has 0 amide bonds. The van der Waals surface area contributed by atoms with Crippen molar-refractivity contribution >= 4 is 5.97 Å². The van der Waals surface area contributed by atoms with Crippen molar-refractivity contribution in [2.45, 2.75) is 32.7 Å². The number of esters is 1. The average Bonchev–Trinajstić information content (AvgIpc) is 2.47. The smallest absolute Gasteiger partial charge is 0.328 e. The largest absolute Gasteiger partial charge is 0.425 e. The Labute approximate surface area is 122 Å². The molecule has 110 valence electrons. The van der Waals surface area contributed by atoms with E-state index in [0.29, 0.717) is 23.0 Å². The standard InChI is InChI=1S/C14H17N5O2/c1-8(2)12-16-18-13(19-17-12)10-5-4-6-11(7-10)21-14(20)9(3)15/h4-9H,15H2,1-3H3/t9-/m0/s1. The SMILES string of the molecule is CC(C)c1nnc(-c2cccc(OC(=O)[C@H](C)N)c2)nn1. The van der Waals surface area contributed by atoms with E-state index in [-0.39, 0.29) is 5.92 Å². The summed E-state index contributed by atoms with van der Waals surface area (Å²) in [6.07, 6.45) is 0. The van der Waals surface area contributed by atoms with Crippen molar-refractivity contribution in [2.75, 3.05) is 0 Å². The Morgan fingerprint density at radius 1 is 1.14 bits per heavy atom. The molecule has 2 N–H and O–H groups in total. The van der Waals surface area contributed by atoms with Crippen molar-refractivity contribution in [1.29, 1.82) is 0 Å². The van der Waals surface area contributed by atoms with Crippen molar-refractivity contribution in [3.63, 3.8) is 0 Å². The summed E-state index contributed by atoms with van der Waals surface area (Å²) in [5.41, 5.74) is 6.13. The van der Waals surface area contributed by atoms with Gasteiger partial charge in [0.15, 0.2) is 5.82 Å². The summed E-state index contributed by atoms with van der Waals surface area (Å²) in [6, 6.07) is 6.15. The van der Waals surface area contributed by atoms with Gasteiger partial charge in [-0.25, -0.2) is 4.79 Å². The molecule has 0 fully saturated rings. The number of ether oxygens (including phenoxy) is 1. The minimum absolute atomic E-state index is 0.164. The second-order valence-electron chi connectivity index (χ2n) is 4.97. The number of hydrogen-bond donors (Lipinski definition) is 1. The molecule has 0 radical (unpaired) electrons. The lowest BCUT2D eigenvalue weighted by Gasteiger charge is -2.07. The molecular formula is C14H17N5O2. The molecule has 0 saturated carbocycles. The van der Waals surface area contributed by atoms with Crippen LogP contribution >= 0.6 is 0 Å². The average molecular weight is 287 g/mol. The van der Waals surface area contributed by atoms with E-state index < -0.39 is 12.0 Å². The van der Waals surface area contributed by atoms with Crippen molar-refractivity contribution in [2.24, 2.45) is 5.73 Å². The summed E-state index contributed by atoms with van der Waals surface area (Å²) in [6.45, 7) is 5.49. The lowest BCUT2D eigenvalue weighted by Crippen LogP contribution is -2.30. The lowest BCUT2D eigenvalue weighted by atomic mass is 10.2. The maximum Gasteiger partial charge on any atom is 0.328 e. The second-order valence-corrected chi connectivity index (χ2v) is 4.97. The van der Waals surface area contributed by atoms with Gasteiger partial charge in [0.1, 0.15) is 11.8 Å². The fourth-order valence-corrected chi connectivity index (χ4v) is 1.49. The van der Waals surface area contributed by atoms with Crippen LogP contribution in [0.15, 0.2) is 24.3 Å². The predicted molar refractivity (Wildman–Crippen MR) is 76.4 cm³/mol. The summed E-state index contributed by atoms with van der Waals surface area (Å²) in [7, 11) is 0. The third kappa shape index (κ3) is 3.79.